The van der Waals surface area contributed by atoms with Crippen molar-refractivity contribution in [3.05, 3.63) is 36.4 Å². The smallest absolute Gasteiger partial charge is 0.407 e. The van der Waals surface area contributed by atoms with Gasteiger partial charge >= 0.3 is 6.09 Å². The molecule has 0 aliphatic rings. The lowest BCUT2D eigenvalue weighted by Crippen LogP contribution is -2.34. The molecule has 0 spiro atoms. The molecular formula is C55H108N4O13S3. The Balaban J connectivity index is -0.000000897. The van der Waals surface area contributed by atoms with E-state index in [-0.39, 0.29) is 33.5 Å². The van der Waals surface area contributed by atoms with Crippen LogP contribution in [0.1, 0.15) is 157 Å². The number of hydrogen-bond donors (Lipinski definition) is 4. The molecule has 4 N–H and O–H groups in total. The summed E-state index contributed by atoms with van der Waals surface area (Å²) in [6.07, 6.45) is 5.02. The quantitative estimate of drug-likeness (QED) is 0.0600. The third-order valence-electron chi connectivity index (χ3n) is 9.86. The van der Waals surface area contributed by atoms with Crippen LogP contribution in [-0.4, -0.2) is 141 Å². The first-order chi connectivity index (χ1) is 33.7. The molecule has 0 fully saturated rings. The highest BCUT2D eigenvalue weighted by Gasteiger charge is 2.21. The van der Waals surface area contributed by atoms with E-state index in [4.69, 9.17) is 28.2 Å². The predicted octanol–water partition coefficient (Wildman–Crippen LogP) is 11.0. The number of amides is 1. The third kappa shape index (κ3) is 53.1. The number of nitrogens with zero attached hydrogens (tertiary/aromatic N) is 1. The molecule has 0 unspecified atom stereocenters. The SMILES string of the molecule is CC(C)(C)CCNC(=O)OC(C)(C)C.CC(C)(C)CCNS(C)(=O)=O.CC(C)(C)CCS(=O)(=O)O.CN(C)c1cccc2c(S(=O)(=O)NCCC(C)(C)C)cccc12.COCCOCCOCCOCCC(C)(C)C. The Morgan fingerprint density at radius 1 is 0.533 bits per heavy atom. The second kappa shape index (κ2) is 35.8. The molecule has 75 heavy (non-hydrogen) atoms. The summed E-state index contributed by atoms with van der Waals surface area (Å²) in [7, 11) is -4.70. The fourth-order valence-corrected chi connectivity index (χ4v) is 8.08. The largest absolute Gasteiger partial charge is 0.444 e. The van der Waals surface area contributed by atoms with E-state index in [0.29, 0.717) is 76.0 Å². The number of methoxy groups -OCH3 is 1. The van der Waals surface area contributed by atoms with Crippen LogP contribution < -0.4 is 19.7 Å². The number of benzene rings is 2. The first-order valence-electron chi connectivity index (χ1n) is 26.0. The number of rotatable bonds is 23. The van der Waals surface area contributed by atoms with Crippen LogP contribution in [0.15, 0.2) is 41.3 Å². The fraction of sp³-hybridized carbons (Fsp3) is 0.800. The summed E-state index contributed by atoms with van der Waals surface area (Å²) in [4.78, 5) is 13.5. The van der Waals surface area contributed by atoms with Gasteiger partial charge in [-0.1, -0.05) is 128 Å². The van der Waals surface area contributed by atoms with Crippen molar-refractivity contribution in [2.45, 2.75) is 167 Å². The summed E-state index contributed by atoms with van der Waals surface area (Å²) >= 11 is 0. The molecule has 0 radical (unpaired) electrons. The van der Waals surface area contributed by atoms with Crippen LogP contribution in [-0.2, 0) is 53.8 Å². The molecular weight excluding hydrogens is 1020 g/mol. The fourth-order valence-electron chi connectivity index (χ4n) is 5.49. The maximum absolute atomic E-state index is 12.7. The molecule has 0 saturated carbocycles. The predicted molar refractivity (Wildman–Crippen MR) is 312 cm³/mol. The highest BCUT2D eigenvalue weighted by molar-refractivity contribution is 7.89. The minimum absolute atomic E-state index is 0.0319. The molecule has 0 atom stereocenters. The average molecular weight is 1130 g/mol. The highest BCUT2D eigenvalue weighted by Crippen LogP contribution is 2.30. The minimum Gasteiger partial charge on any atom is -0.444 e. The monoisotopic (exact) mass is 1130 g/mol. The number of nitrogens with one attached hydrogen (secondary N) is 3. The van der Waals surface area contributed by atoms with Gasteiger partial charge in [-0.05, 0) is 92.1 Å². The maximum Gasteiger partial charge on any atom is 0.407 e. The first-order valence-corrected chi connectivity index (χ1v) is 31.0. The van der Waals surface area contributed by atoms with Crippen molar-refractivity contribution in [3.63, 3.8) is 0 Å². The van der Waals surface area contributed by atoms with E-state index < -0.39 is 35.8 Å². The number of anilines is 1. The summed E-state index contributed by atoms with van der Waals surface area (Å²) in [5.74, 6) is -0.142. The van der Waals surface area contributed by atoms with Crippen LogP contribution in [0.4, 0.5) is 10.5 Å². The third-order valence-corrected chi connectivity index (χ3v) is 12.8. The van der Waals surface area contributed by atoms with E-state index in [2.05, 4.69) is 97.8 Å². The molecule has 1 amide bonds. The number of alkyl carbamates (subject to hydrolysis) is 1. The summed E-state index contributed by atoms with van der Waals surface area (Å²) in [6, 6.07) is 11.2. The summed E-state index contributed by atoms with van der Waals surface area (Å²) in [5, 5.41) is 4.43. The van der Waals surface area contributed by atoms with Crippen LogP contribution >= 0.6 is 0 Å². The second-order valence-corrected chi connectivity index (χ2v) is 30.8. The van der Waals surface area contributed by atoms with Crippen LogP contribution in [0.2, 0.25) is 0 Å². The summed E-state index contributed by atoms with van der Waals surface area (Å²) in [6.45, 7) is 43.2. The molecule has 20 heteroatoms. The lowest BCUT2D eigenvalue weighted by atomic mass is 9.92. The Labute approximate surface area is 458 Å². The van der Waals surface area contributed by atoms with Crippen molar-refractivity contribution in [2.75, 3.05) is 104 Å². The molecule has 2 aromatic carbocycles. The van der Waals surface area contributed by atoms with E-state index >= 15 is 0 Å². The number of ether oxygens (including phenoxy) is 5. The van der Waals surface area contributed by atoms with Gasteiger partial charge in [0, 0.05) is 63.9 Å². The normalized spacial score (nSPS) is 12.7. The van der Waals surface area contributed by atoms with Crippen LogP contribution in [0.25, 0.3) is 10.8 Å². The maximum atomic E-state index is 12.7. The lowest BCUT2D eigenvalue weighted by Gasteiger charge is -2.21. The van der Waals surface area contributed by atoms with Gasteiger partial charge in [0.25, 0.3) is 10.1 Å². The van der Waals surface area contributed by atoms with E-state index in [1.54, 1.807) is 19.2 Å². The number of hydrogen-bond acceptors (Lipinski definition) is 13. The van der Waals surface area contributed by atoms with E-state index in [0.717, 1.165) is 48.8 Å². The van der Waals surface area contributed by atoms with Crippen molar-refractivity contribution >= 4 is 52.7 Å². The Bertz CT molecular complexity index is 2180. The van der Waals surface area contributed by atoms with Gasteiger partial charge in [-0.25, -0.2) is 31.1 Å². The molecule has 0 heterocycles. The van der Waals surface area contributed by atoms with E-state index in [1.807, 2.05) is 84.8 Å². The lowest BCUT2D eigenvalue weighted by molar-refractivity contribution is 0.000857. The van der Waals surface area contributed by atoms with Crippen molar-refractivity contribution < 1.29 is 58.3 Å². The molecule has 2 rings (SSSR count). The van der Waals surface area contributed by atoms with Gasteiger partial charge in [-0.3, -0.25) is 4.55 Å². The van der Waals surface area contributed by atoms with Gasteiger partial charge in [0.2, 0.25) is 20.0 Å². The summed E-state index contributed by atoms with van der Waals surface area (Å²) < 4.78 is 107. The number of carbonyl (C=O) groups excluding carboxylic acids is 1. The van der Waals surface area contributed by atoms with Gasteiger partial charge in [-0.15, -0.1) is 0 Å². The number of fused-ring (bicyclic) bond motifs is 1. The first kappa shape index (κ1) is 76.6. The van der Waals surface area contributed by atoms with Crippen molar-refractivity contribution in [2.24, 2.45) is 27.1 Å². The zero-order valence-electron chi connectivity index (χ0n) is 50.8. The van der Waals surface area contributed by atoms with Crippen LogP contribution in [0.5, 0.6) is 0 Å². The Hall–Kier alpha value is -2.66. The summed E-state index contributed by atoms with van der Waals surface area (Å²) in [5.41, 5.74) is 1.44. The van der Waals surface area contributed by atoms with Crippen molar-refractivity contribution in [1.82, 2.24) is 14.8 Å². The van der Waals surface area contributed by atoms with Gasteiger partial charge in [0.15, 0.2) is 0 Å². The molecule has 0 saturated heterocycles. The number of sulfonamides is 2. The van der Waals surface area contributed by atoms with Crippen LogP contribution in [0, 0.1) is 27.1 Å². The van der Waals surface area contributed by atoms with Gasteiger partial charge in [-0.2, -0.15) is 8.42 Å². The van der Waals surface area contributed by atoms with E-state index in [9.17, 15) is 30.0 Å². The van der Waals surface area contributed by atoms with Crippen LogP contribution in [0.3, 0.4) is 0 Å². The Morgan fingerprint density at radius 3 is 1.32 bits per heavy atom. The van der Waals surface area contributed by atoms with Gasteiger partial charge in [0.1, 0.15) is 5.60 Å². The Kier molecular flexibility index (Phi) is 36.5. The highest BCUT2D eigenvalue weighted by atomic mass is 32.2. The molecule has 0 aliphatic heterocycles. The molecule has 444 valence electrons. The Morgan fingerprint density at radius 2 is 0.933 bits per heavy atom. The van der Waals surface area contributed by atoms with Gasteiger partial charge in [0.05, 0.1) is 56.5 Å². The minimum atomic E-state index is -3.76. The zero-order chi connectivity index (χ0) is 59.2. The standard InChI is InChI=1S/C18H26N2O2S.C13H28O4.C11H23NO2.C7H17NO2S.C6H14O3S/c1-18(2,3)12-13-19-23(21,22)17-11-7-8-14-15(17)9-6-10-16(14)20(4)5;1-13(2,3)5-6-15-9-10-17-12-11-16-8-7-14-4;1-10(2,3)7-8-12-9(13)14-11(4,5)6;1-7(2,3)5-6-8-11(4,9)10;1-6(2,3)4-5-10(7,8)9/h6-11,19H,12-13H2,1-5H3;5-12H2,1-4H3;7-8H2,1-6H3,(H,12,13);8H,5-6H2,1-4H3;4-5H2,1-3H3,(H,7,8,9). The molecule has 2 aromatic rings. The second-order valence-electron chi connectivity index (χ2n) is 25.7. The molecule has 17 nitrogen and oxygen atoms in total. The molecule has 0 bridgehead atoms. The van der Waals surface area contributed by atoms with Gasteiger partial charge < -0.3 is 33.9 Å². The van der Waals surface area contributed by atoms with Crippen molar-refractivity contribution in [3.8, 4) is 0 Å². The molecule has 0 aliphatic carbocycles. The zero-order valence-corrected chi connectivity index (χ0v) is 53.2. The number of carbonyl (C=O) groups is 1. The topological polar surface area (TPSA) is 225 Å². The van der Waals surface area contributed by atoms with Crippen molar-refractivity contribution in [1.29, 1.82) is 0 Å². The van der Waals surface area contributed by atoms with E-state index in [1.165, 1.54) is 6.26 Å². The average Bonchev–Trinajstić information content (AvgIpc) is 3.19. The molecule has 0 aromatic heterocycles.